The number of nitrogens with zero attached hydrogens (tertiary/aromatic N) is 3. The van der Waals surface area contributed by atoms with Crippen LogP contribution in [0.4, 0.5) is 0 Å². The normalized spacial score (nSPS) is 20.4. The van der Waals surface area contributed by atoms with Crippen molar-refractivity contribution >= 4 is 16.9 Å². The molecule has 2 aliphatic rings. The summed E-state index contributed by atoms with van der Waals surface area (Å²) in [4.78, 5) is 19.0. The summed E-state index contributed by atoms with van der Waals surface area (Å²) in [6.45, 7) is 2.82. The number of nitrogens with one attached hydrogen (secondary N) is 1. The maximum atomic E-state index is 12.1. The van der Waals surface area contributed by atoms with Crippen LogP contribution in [0.1, 0.15) is 25.7 Å². The minimum absolute atomic E-state index is 0.205. The van der Waals surface area contributed by atoms with E-state index < -0.39 is 0 Å². The maximum absolute atomic E-state index is 12.1. The summed E-state index contributed by atoms with van der Waals surface area (Å²) in [5, 5.41) is 3.14. The average molecular weight is 298 g/mol. The molecule has 1 saturated carbocycles. The molecular formula is C17H22N4O. The molecule has 0 radical (unpaired) electrons. The summed E-state index contributed by atoms with van der Waals surface area (Å²) in [5.74, 6) is 0.478. The largest absolute Gasteiger partial charge is 0.353 e. The van der Waals surface area contributed by atoms with Crippen molar-refractivity contribution in [1.29, 1.82) is 0 Å². The SMILES string of the molecule is O=C(NC1CC1)C1CCN(Cn2cnc3ccccc32)CC1. The Morgan fingerprint density at radius 1 is 1.18 bits per heavy atom. The lowest BCUT2D eigenvalue weighted by Gasteiger charge is -2.31. The zero-order valence-corrected chi connectivity index (χ0v) is 12.7. The molecule has 0 unspecified atom stereocenters. The molecule has 2 fully saturated rings. The molecule has 1 amide bonds. The lowest BCUT2D eigenvalue weighted by Crippen LogP contribution is -2.41. The minimum atomic E-state index is 0.205. The third-order valence-electron chi connectivity index (χ3n) is 4.76. The lowest BCUT2D eigenvalue weighted by atomic mass is 9.96. The van der Waals surface area contributed by atoms with Gasteiger partial charge in [-0.25, -0.2) is 4.98 Å². The maximum Gasteiger partial charge on any atom is 0.223 e. The van der Waals surface area contributed by atoms with Crippen LogP contribution in [0.25, 0.3) is 11.0 Å². The minimum Gasteiger partial charge on any atom is -0.353 e. The molecule has 116 valence electrons. The molecule has 2 heterocycles. The molecule has 2 aromatic rings. The molecule has 0 atom stereocenters. The number of fused-ring (bicyclic) bond motifs is 1. The van der Waals surface area contributed by atoms with Crippen molar-refractivity contribution in [2.45, 2.75) is 38.4 Å². The van der Waals surface area contributed by atoms with Gasteiger partial charge in [0.25, 0.3) is 0 Å². The fourth-order valence-corrected chi connectivity index (χ4v) is 3.22. The average Bonchev–Trinajstić information content (AvgIpc) is 3.28. The molecule has 1 aliphatic carbocycles. The first kappa shape index (κ1) is 13.8. The number of aromatic nitrogens is 2. The summed E-state index contributed by atoms with van der Waals surface area (Å²) in [7, 11) is 0. The molecule has 22 heavy (non-hydrogen) atoms. The van der Waals surface area contributed by atoms with Gasteiger partial charge in [-0.2, -0.15) is 0 Å². The zero-order chi connectivity index (χ0) is 14.9. The highest BCUT2D eigenvalue weighted by molar-refractivity contribution is 5.79. The van der Waals surface area contributed by atoms with Gasteiger partial charge < -0.3 is 9.88 Å². The highest BCUT2D eigenvalue weighted by atomic mass is 16.2. The third-order valence-corrected chi connectivity index (χ3v) is 4.76. The fraction of sp³-hybridized carbons (Fsp3) is 0.529. The van der Waals surface area contributed by atoms with Crippen LogP contribution in [0.3, 0.4) is 0 Å². The zero-order valence-electron chi connectivity index (χ0n) is 12.7. The van der Waals surface area contributed by atoms with Crippen LogP contribution in [0.5, 0.6) is 0 Å². The number of carbonyl (C=O) groups excluding carboxylic acids is 1. The van der Waals surface area contributed by atoms with Crippen LogP contribution >= 0.6 is 0 Å². The smallest absolute Gasteiger partial charge is 0.223 e. The van der Waals surface area contributed by atoms with Gasteiger partial charge in [0.15, 0.2) is 0 Å². The lowest BCUT2D eigenvalue weighted by molar-refractivity contribution is -0.126. The van der Waals surface area contributed by atoms with E-state index in [1.807, 2.05) is 18.5 Å². The molecule has 1 aromatic heterocycles. The van der Waals surface area contributed by atoms with E-state index in [1.165, 1.54) is 5.52 Å². The van der Waals surface area contributed by atoms with Crippen LogP contribution in [-0.2, 0) is 11.5 Å². The predicted octanol–water partition coefficient (Wildman–Crippen LogP) is 1.98. The van der Waals surface area contributed by atoms with Crippen molar-refractivity contribution in [3.63, 3.8) is 0 Å². The second-order valence-electron chi connectivity index (χ2n) is 6.52. The van der Waals surface area contributed by atoms with Gasteiger partial charge in [-0.15, -0.1) is 0 Å². The van der Waals surface area contributed by atoms with Crippen molar-refractivity contribution in [2.24, 2.45) is 5.92 Å². The standard InChI is InChI=1S/C17H22N4O/c22-17(19-14-5-6-14)13-7-9-20(10-8-13)12-21-11-18-15-3-1-2-4-16(15)21/h1-4,11,13-14H,5-10,12H2,(H,19,22). The number of piperidine rings is 1. The summed E-state index contributed by atoms with van der Waals surface area (Å²) in [6, 6.07) is 8.69. The summed E-state index contributed by atoms with van der Waals surface area (Å²) >= 11 is 0. The Balaban J connectivity index is 1.34. The summed E-state index contributed by atoms with van der Waals surface area (Å²) in [5.41, 5.74) is 2.22. The molecule has 5 heteroatoms. The van der Waals surface area contributed by atoms with Crippen molar-refractivity contribution in [3.8, 4) is 0 Å². The number of likely N-dealkylation sites (tertiary alicyclic amines) is 1. The Bertz CT molecular complexity index is 668. The number of amides is 1. The van der Waals surface area contributed by atoms with E-state index >= 15 is 0 Å². The van der Waals surface area contributed by atoms with Crippen LogP contribution in [0.15, 0.2) is 30.6 Å². The van der Waals surface area contributed by atoms with Crippen LogP contribution < -0.4 is 5.32 Å². The Hall–Kier alpha value is -1.88. The number of hydrogen-bond donors (Lipinski definition) is 1. The van der Waals surface area contributed by atoms with Crippen LogP contribution in [0, 0.1) is 5.92 Å². The second-order valence-corrected chi connectivity index (χ2v) is 6.52. The van der Waals surface area contributed by atoms with Crippen molar-refractivity contribution in [2.75, 3.05) is 13.1 Å². The topological polar surface area (TPSA) is 50.2 Å². The Kier molecular flexibility index (Phi) is 3.58. The van der Waals surface area contributed by atoms with E-state index in [9.17, 15) is 4.79 Å². The first-order valence-electron chi connectivity index (χ1n) is 8.22. The molecule has 4 rings (SSSR count). The van der Waals surface area contributed by atoms with Gasteiger partial charge in [-0.3, -0.25) is 9.69 Å². The van der Waals surface area contributed by atoms with Gasteiger partial charge >= 0.3 is 0 Å². The van der Waals surface area contributed by atoms with Gasteiger partial charge in [0.1, 0.15) is 0 Å². The first-order valence-corrected chi connectivity index (χ1v) is 8.22. The van der Waals surface area contributed by atoms with E-state index in [0.717, 1.165) is 51.0 Å². The molecule has 0 spiro atoms. The number of rotatable bonds is 4. The van der Waals surface area contributed by atoms with E-state index in [2.05, 4.69) is 31.9 Å². The molecule has 5 nitrogen and oxygen atoms in total. The quantitative estimate of drug-likeness (QED) is 0.939. The monoisotopic (exact) mass is 298 g/mol. The van der Waals surface area contributed by atoms with Crippen LogP contribution in [0.2, 0.25) is 0 Å². The van der Waals surface area contributed by atoms with E-state index in [4.69, 9.17) is 0 Å². The number of para-hydroxylation sites is 2. The first-order chi connectivity index (χ1) is 10.8. The van der Waals surface area contributed by atoms with Gasteiger partial charge in [-0.05, 0) is 37.8 Å². The Morgan fingerprint density at radius 3 is 2.73 bits per heavy atom. The van der Waals surface area contributed by atoms with Crippen molar-refractivity contribution in [1.82, 2.24) is 19.8 Å². The van der Waals surface area contributed by atoms with Crippen molar-refractivity contribution < 1.29 is 4.79 Å². The molecule has 1 N–H and O–H groups in total. The van der Waals surface area contributed by atoms with Gasteiger partial charge in [0.2, 0.25) is 5.91 Å². The number of carbonyl (C=O) groups is 1. The van der Waals surface area contributed by atoms with E-state index in [0.29, 0.717) is 6.04 Å². The molecule has 1 aliphatic heterocycles. The summed E-state index contributed by atoms with van der Waals surface area (Å²) < 4.78 is 2.19. The molecule has 1 saturated heterocycles. The van der Waals surface area contributed by atoms with Crippen molar-refractivity contribution in [3.05, 3.63) is 30.6 Å². The van der Waals surface area contributed by atoms with Gasteiger partial charge in [0, 0.05) is 25.0 Å². The molecular weight excluding hydrogens is 276 g/mol. The Morgan fingerprint density at radius 2 is 1.95 bits per heavy atom. The Labute approximate surface area is 130 Å². The fourth-order valence-electron chi connectivity index (χ4n) is 3.22. The molecule has 0 bridgehead atoms. The highest BCUT2D eigenvalue weighted by Gasteiger charge is 2.29. The number of hydrogen-bond acceptors (Lipinski definition) is 3. The van der Waals surface area contributed by atoms with E-state index in [1.54, 1.807) is 0 Å². The number of benzene rings is 1. The van der Waals surface area contributed by atoms with Crippen LogP contribution in [-0.4, -0.2) is 39.5 Å². The van der Waals surface area contributed by atoms with Gasteiger partial charge in [-0.1, -0.05) is 12.1 Å². The summed E-state index contributed by atoms with van der Waals surface area (Å²) in [6.07, 6.45) is 6.17. The second kappa shape index (κ2) is 5.72. The van der Waals surface area contributed by atoms with Gasteiger partial charge in [0.05, 0.1) is 24.0 Å². The highest BCUT2D eigenvalue weighted by Crippen LogP contribution is 2.23. The van der Waals surface area contributed by atoms with E-state index in [-0.39, 0.29) is 11.8 Å². The third kappa shape index (κ3) is 2.86. The predicted molar refractivity (Wildman–Crippen MR) is 85.2 cm³/mol. The number of imidazole rings is 1. The molecule has 1 aromatic carbocycles.